The quantitative estimate of drug-likeness (QED) is 0.826. The lowest BCUT2D eigenvalue weighted by Gasteiger charge is -2.33. The van der Waals surface area contributed by atoms with Gasteiger partial charge >= 0.3 is 0 Å². The molecule has 1 saturated heterocycles. The summed E-state index contributed by atoms with van der Waals surface area (Å²) in [4.78, 5) is 2.42. The third-order valence-electron chi connectivity index (χ3n) is 3.79. The van der Waals surface area contributed by atoms with Crippen LogP contribution in [0.5, 0.6) is 5.75 Å². The Morgan fingerprint density at radius 3 is 2.62 bits per heavy atom. The van der Waals surface area contributed by atoms with Gasteiger partial charge in [-0.3, -0.25) is 0 Å². The molecule has 1 aromatic carbocycles. The highest BCUT2D eigenvalue weighted by atomic mass is 16.3. The van der Waals surface area contributed by atoms with Crippen molar-refractivity contribution in [2.24, 2.45) is 5.92 Å². The summed E-state index contributed by atoms with van der Waals surface area (Å²) in [6.45, 7) is 4.73. The molecule has 88 valence electrons. The number of hydrogen-bond donors (Lipinski definition) is 1. The molecule has 0 radical (unpaired) electrons. The van der Waals surface area contributed by atoms with Crippen LogP contribution >= 0.6 is 0 Å². The summed E-state index contributed by atoms with van der Waals surface area (Å²) in [5, 5.41) is 9.28. The summed E-state index contributed by atoms with van der Waals surface area (Å²) >= 11 is 0. The molecule has 1 N–H and O–H groups in total. The smallest absolute Gasteiger partial charge is 0.115 e. The number of aromatic hydroxyl groups is 1. The zero-order valence-corrected chi connectivity index (χ0v) is 10.2. The molecule has 1 aromatic rings. The average molecular weight is 219 g/mol. The fourth-order valence-corrected chi connectivity index (χ4v) is 2.66. The maximum absolute atomic E-state index is 9.28. The summed E-state index contributed by atoms with van der Waals surface area (Å²) in [7, 11) is 2.20. The second-order valence-corrected chi connectivity index (χ2v) is 5.04. The highest BCUT2D eigenvalue weighted by Crippen LogP contribution is 2.31. The second kappa shape index (κ2) is 4.88. The first kappa shape index (κ1) is 11.5. The third-order valence-corrected chi connectivity index (χ3v) is 3.79. The van der Waals surface area contributed by atoms with E-state index in [9.17, 15) is 5.11 Å². The van der Waals surface area contributed by atoms with Crippen molar-refractivity contribution >= 4 is 0 Å². The van der Waals surface area contributed by atoms with Gasteiger partial charge in [0.2, 0.25) is 0 Å². The van der Waals surface area contributed by atoms with Crippen molar-refractivity contribution < 1.29 is 5.11 Å². The Kier molecular flexibility index (Phi) is 3.49. The Morgan fingerprint density at radius 2 is 2.00 bits per heavy atom. The van der Waals surface area contributed by atoms with Crippen LogP contribution in [-0.2, 0) is 0 Å². The average Bonchev–Trinajstić information content (AvgIpc) is 2.29. The van der Waals surface area contributed by atoms with Crippen molar-refractivity contribution in [3.63, 3.8) is 0 Å². The molecule has 2 nitrogen and oxygen atoms in total. The van der Waals surface area contributed by atoms with E-state index < -0.39 is 0 Å². The van der Waals surface area contributed by atoms with Gasteiger partial charge in [-0.15, -0.1) is 0 Å². The molecule has 1 aliphatic heterocycles. The standard InChI is InChI=1S/C14H21NO/c1-11(12-5-7-14(16)8-6-12)13-4-3-9-15(2)10-13/h5-8,11,13,16H,3-4,9-10H2,1-2H3. The number of rotatable bonds is 2. The van der Waals surface area contributed by atoms with E-state index >= 15 is 0 Å². The van der Waals surface area contributed by atoms with Crippen LogP contribution in [0.25, 0.3) is 0 Å². The van der Waals surface area contributed by atoms with Gasteiger partial charge < -0.3 is 10.0 Å². The molecule has 0 bridgehead atoms. The van der Waals surface area contributed by atoms with Crippen LogP contribution in [0.2, 0.25) is 0 Å². The van der Waals surface area contributed by atoms with Gasteiger partial charge in [-0.1, -0.05) is 19.1 Å². The molecular formula is C14H21NO. The topological polar surface area (TPSA) is 23.5 Å². The number of phenols is 1. The maximum atomic E-state index is 9.28. The first-order valence-corrected chi connectivity index (χ1v) is 6.14. The minimum absolute atomic E-state index is 0.358. The minimum Gasteiger partial charge on any atom is -0.508 e. The van der Waals surface area contributed by atoms with E-state index in [0.717, 1.165) is 5.92 Å². The summed E-state index contributed by atoms with van der Waals surface area (Å²) in [5.74, 6) is 1.70. The predicted molar refractivity (Wildman–Crippen MR) is 66.7 cm³/mol. The van der Waals surface area contributed by atoms with Crippen molar-refractivity contribution in [1.29, 1.82) is 0 Å². The van der Waals surface area contributed by atoms with E-state index in [1.807, 2.05) is 0 Å². The highest BCUT2D eigenvalue weighted by Gasteiger charge is 2.23. The van der Waals surface area contributed by atoms with Crippen LogP contribution in [0.3, 0.4) is 0 Å². The van der Waals surface area contributed by atoms with Gasteiger partial charge in [0.25, 0.3) is 0 Å². The summed E-state index contributed by atoms with van der Waals surface area (Å²) in [6, 6.07) is 7.68. The predicted octanol–water partition coefficient (Wildman–Crippen LogP) is 2.84. The van der Waals surface area contributed by atoms with E-state index in [0.29, 0.717) is 11.7 Å². The third kappa shape index (κ3) is 2.56. The van der Waals surface area contributed by atoms with Crippen LogP contribution in [-0.4, -0.2) is 30.1 Å². The Hall–Kier alpha value is -1.02. The maximum Gasteiger partial charge on any atom is 0.115 e. The fourth-order valence-electron chi connectivity index (χ4n) is 2.66. The summed E-state index contributed by atoms with van der Waals surface area (Å²) in [6.07, 6.45) is 2.63. The number of benzene rings is 1. The van der Waals surface area contributed by atoms with Crippen LogP contribution in [0, 0.1) is 5.92 Å². The molecule has 0 aliphatic carbocycles. The molecule has 1 fully saturated rings. The van der Waals surface area contributed by atoms with Crippen LogP contribution in [0.15, 0.2) is 24.3 Å². The molecule has 0 amide bonds. The number of likely N-dealkylation sites (tertiary alicyclic amines) is 1. The van der Waals surface area contributed by atoms with Gasteiger partial charge in [-0.2, -0.15) is 0 Å². The van der Waals surface area contributed by atoms with Crippen LogP contribution in [0.1, 0.15) is 31.2 Å². The number of phenolic OH excluding ortho intramolecular Hbond substituents is 1. The van der Waals surface area contributed by atoms with E-state index in [-0.39, 0.29) is 0 Å². The van der Waals surface area contributed by atoms with Crippen molar-refractivity contribution in [1.82, 2.24) is 4.90 Å². The van der Waals surface area contributed by atoms with E-state index in [4.69, 9.17) is 0 Å². The Balaban J connectivity index is 2.06. The Bertz CT molecular complexity index is 333. The largest absolute Gasteiger partial charge is 0.508 e. The molecule has 2 rings (SSSR count). The van der Waals surface area contributed by atoms with Crippen molar-refractivity contribution in [2.45, 2.75) is 25.7 Å². The zero-order valence-electron chi connectivity index (χ0n) is 10.2. The molecule has 0 aromatic heterocycles. The van der Waals surface area contributed by atoms with Gasteiger partial charge in [-0.25, -0.2) is 0 Å². The lowest BCUT2D eigenvalue weighted by Crippen LogP contribution is -2.34. The molecule has 1 heterocycles. The zero-order chi connectivity index (χ0) is 11.5. The van der Waals surface area contributed by atoms with Gasteiger partial charge in [0.1, 0.15) is 5.75 Å². The summed E-state index contributed by atoms with van der Waals surface area (Å²) < 4.78 is 0. The fraction of sp³-hybridized carbons (Fsp3) is 0.571. The van der Waals surface area contributed by atoms with E-state index in [2.05, 4.69) is 31.0 Å². The van der Waals surface area contributed by atoms with E-state index in [1.165, 1.54) is 31.5 Å². The highest BCUT2D eigenvalue weighted by molar-refractivity contribution is 5.28. The minimum atomic E-state index is 0.358. The monoisotopic (exact) mass is 219 g/mol. The van der Waals surface area contributed by atoms with Crippen molar-refractivity contribution in [3.05, 3.63) is 29.8 Å². The molecule has 2 heteroatoms. The lowest BCUT2D eigenvalue weighted by atomic mass is 9.82. The number of nitrogens with zero attached hydrogens (tertiary/aromatic N) is 1. The first-order valence-electron chi connectivity index (χ1n) is 6.14. The van der Waals surface area contributed by atoms with Gasteiger partial charge in [-0.05, 0) is 56.0 Å². The van der Waals surface area contributed by atoms with Crippen LogP contribution in [0.4, 0.5) is 0 Å². The molecule has 0 saturated carbocycles. The first-order chi connectivity index (χ1) is 7.66. The lowest BCUT2D eigenvalue weighted by molar-refractivity contribution is 0.191. The molecule has 2 atom stereocenters. The van der Waals surface area contributed by atoms with Gasteiger partial charge in [0, 0.05) is 6.54 Å². The summed E-state index contributed by atoms with van der Waals surface area (Å²) in [5.41, 5.74) is 1.35. The molecule has 0 spiro atoms. The van der Waals surface area contributed by atoms with Gasteiger partial charge in [0.15, 0.2) is 0 Å². The van der Waals surface area contributed by atoms with Crippen molar-refractivity contribution in [3.8, 4) is 5.75 Å². The van der Waals surface area contributed by atoms with E-state index in [1.54, 1.807) is 12.1 Å². The Labute approximate surface area is 97.9 Å². The SMILES string of the molecule is CC(c1ccc(O)cc1)C1CCCN(C)C1. The molecular weight excluding hydrogens is 198 g/mol. The number of piperidine rings is 1. The second-order valence-electron chi connectivity index (χ2n) is 5.04. The molecule has 1 aliphatic rings. The Morgan fingerprint density at radius 1 is 1.31 bits per heavy atom. The van der Waals surface area contributed by atoms with Crippen molar-refractivity contribution in [2.75, 3.05) is 20.1 Å². The van der Waals surface area contributed by atoms with Gasteiger partial charge in [0.05, 0.1) is 0 Å². The normalized spacial score (nSPS) is 24.2. The molecule has 16 heavy (non-hydrogen) atoms. The van der Waals surface area contributed by atoms with Crippen LogP contribution < -0.4 is 0 Å². The number of hydrogen-bond acceptors (Lipinski definition) is 2. The molecule has 2 unspecified atom stereocenters.